The number of amides is 1. The van der Waals surface area contributed by atoms with Crippen LogP contribution >= 0.6 is 24.0 Å². The summed E-state index contributed by atoms with van der Waals surface area (Å²) in [6, 6.07) is 4.27. The fraction of sp³-hybridized carbons (Fsp3) is 0.462. The third-order valence-electron chi connectivity index (χ3n) is 3.36. The van der Waals surface area contributed by atoms with Gasteiger partial charge in [-0.25, -0.2) is 8.42 Å². The maximum absolute atomic E-state index is 12.5. The highest BCUT2D eigenvalue weighted by Crippen LogP contribution is 2.23. The van der Waals surface area contributed by atoms with E-state index in [1.165, 1.54) is 18.2 Å². The van der Waals surface area contributed by atoms with Crippen molar-refractivity contribution in [1.29, 1.82) is 0 Å². The molecule has 1 aromatic rings. The van der Waals surface area contributed by atoms with Crippen LogP contribution in [0.2, 0.25) is 5.02 Å². The minimum Gasteiger partial charge on any atom is -0.333 e. The number of hydrogen-bond donors (Lipinski definition) is 1. The lowest BCUT2D eigenvalue weighted by atomic mass is 10.1. The van der Waals surface area contributed by atoms with E-state index in [-0.39, 0.29) is 39.8 Å². The topological polar surface area (TPSA) is 66.5 Å². The molecule has 1 aromatic carbocycles. The van der Waals surface area contributed by atoms with E-state index >= 15 is 0 Å². The molecule has 1 saturated heterocycles. The molecule has 8 heteroatoms. The smallest absolute Gasteiger partial charge is 0.255 e. The molecule has 0 saturated carbocycles. The molecule has 21 heavy (non-hydrogen) atoms. The van der Waals surface area contributed by atoms with Crippen molar-refractivity contribution in [3.05, 3.63) is 28.8 Å². The number of piperazine rings is 1. The monoisotopic (exact) mass is 352 g/mol. The molecule has 5 nitrogen and oxygen atoms in total. The summed E-state index contributed by atoms with van der Waals surface area (Å²) in [4.78, 5) is 14.3. The van der Waals surface area contributed by atoms with Gasteiger partial charge in [0.05, 0.1) is 15.5 Å². The summed E-state index contributed by atoms with van der Waals surface area (Å²) in [5.41, 5.74) is 0.239. The Kier molecular flexibility index (Phi) is 6.04. The van der Waals surface area contributed by atoms with Crippen molar-refractivity contribution in [1.82, 2.24) is 10.2 Å². The summed E-state index contributed by atoms with van der Waals surface area (Å²) >= 11 is 6.05. The van der Waals surface area contributed by atoms with Gasteiger partial charge in [-0.05, 0) is 25.1 Å². The summed E-state index contributed by atoms with van der Waals surface area (Å²) < 4.78 is 23.2. The van der Waals surface area contributed by atoms with E-state index < -0.39 is 9.84 Å². The summed E-state index contributed by atoms with van der Waals surface area (Å²) in [5.74, 6) is -0.227. The van der Waals surface area contributed by atoms with Gasteiger partial charge in [-0.15, -0.1) is 12.4 Å². The van der Waals surface area contributed by atoms with Crippen molar-refractivity contribution in [2.75, 3.05) is 25.9 Å². The Labute approximate surface area is 136 Å². The molecule has 1 amide bonds. The third kappa shape index (κ3) is 4.10. The summed E-state index contributed by atoms with van der Waals surface area (Å²) in [6.07, 6.45) is 1.11. The van der Waals surface area contributed by atoms with E-state index in [4.69, 9.17) is 11.6 Å². The molecule has 0 radical (unpaired) electrons. The number of halogens is 2. The highest BCUT2D eigenvalue weighted by Gasteiger charge is 2.26. The Morgan fingerprint density at radius 1 is 1.43 bits per heavy atom. The third-order valence-corrected chi connectivity index (χ3v) is 4.80. The molecule has 1 aliphatic rings. The van der Waals surface area contributed by atoms with Gasteiger partial charge in [0.2, 0.25) is 0 Å². The first kappa shape index (κ1) is 18.2. The first-order valence-electron chi connectivity index (χ1n) is 6.32. The Hall–Kier alpha value is -0.820. The first-order valence-corrected chi connectivity index (χ1v) is 8.59. The second kappa shape index (κ2) is 6.96. The molecule has 0 aliphatic carbocycles. The number of carbonyl (C=O) groups excluding carboxylic acids is 1. The molecule has 1 N–H and O–H groups in total. The first-order chi connectivity index (χ1) is 9.30. The van der Waals surface area contributed by atoms with Gasteiger partial charge in [0.25, 0.3) is 5.91 Å². The zero-order valence-electron chi connectivity index (χ0n) is 11.8. The SMILES string of the molecule is CC1CNCCN1C(=O)c1cc(S(C)(=O)=O)ccc1Cl.Cl. The van der Waals surface area contributed by atoms with Crippen LogP contribution in [0, 0.1) is 0 Å². The fourth-order valence-electron chi connectivity index (χ4n) is 2.20. The summed E-state index contributed by atoms with van der Waals surface area (Å²) in [5, 5.41) is 3.47. The van der Waals surface area contributed by atoms with Crippen LogP contribution in [0.5, 0.6) is 0 Å². The van der Waals surface area contributed by atoms with Crippen molar-refractivity contribution in [2.24, 2.45) is 0 Å². The fourth-order valence-corrected chi connectivity index (χ4v) is 3.04. The number of rotatable bonds is 2. The zero-order chi connectivity index (χ0) is 14.9. The molecule has 1 heterocycles. The summed E-state index contributed by atoms with van der Waals surface area (Å²) in [6.45, 7) is 3.96. The average molecular weight is 353 g/mol. The molecule has 2 rings (SSSR count). The van der Waals surface area contributed by atoms with Crippen LogP contribution < -0.4 is 5.32 Å². The second-order valence-corrected chi connectivity index (χ2v) is 7.39. The Morgan fingerprint density at radius 3 is 2.67 bits per heavy atom. The van der Waals surface area contributed by atoms with Gasteiger partial charge < -0.3 is 10.2 Å². The van der Waals surface area contributed by atoms with Gasteiger partial charge in [-0.2, -0.15) is 0 Å². The lowest BCUT2D eigenvalue weighted by Crippen LogP contribution is -2.52. The average Bonchev–Trinajstić information content (AvgIpc) is 2.37. The highest BCUT2D eigenvalue weighted by molar-refractivity contribution is 7.90. The maximum Gasteiger partial charge on any atom is 0.255 e. The van der Waals surface area contributed by atoms with Crippen molar-refractivity contribution in [3.63, 3.8) is 0 Å². The maximum atomic E-state index is 12.5. The van der Waals surface area contributed by atoms with Crippen LogP contribution in [-0.2, 0) is 9.84 Å². The van der Waals surface area contributed by atoms with Crippen LogP contribution in [0.3, 0.4) is 0 Å². The largest absolute Gasteiger partial charge is 0.333 e. The van der Waals surface area contributed by atoms with Gasteiger partial charge in [-0.1, -0.05) is 11.6 Å². The van der Waals surface area contributed by atoms with E-state index in [0.29, 0.717) is 6.54 Å². The highest BCUT2D eigenvalue weighted by atomic mass is 35.5. The minimum atomic E-state index is -3.36. The minimum absolute atomic E-state index is 0. The van der Waals surface area contributed by atoms with Gasteiger partial charge in [0.1, 0.15) is 0 Å². The van der Waals surface area contributed by atoms with Gasteiger partial charge in [0.15, 0.2) is 9.84 Å². The molecule has 1 fully saturated rings. The molecule has 1 unspecified atom stereocenters. The second-order valence-electron chi connectivity index (χ2n) is 4.97. The Balaban J connectivity index is 0.00000220. The van der Waals surface area contributed by atoms with Crippen LogP contribution in [-0.4, -0.2) is 51.2 Å². The summed E-state index contributed by atoms with van der Waals surface area (Å²) in [7, 11) is -3.36. The van der Waals surface area contributed by atoms with Gasteiger partial charge in [0, 0.05) is 31.9 Å². The molecule has 0 aromatic heterocycles. The number of nitrogens with one attached hydrogen (secondary N) is 1. The van der Waals surface area contributed by atoms with Gasteiger partial charge >= 0.3 is 0 Å². The normalized spacial score (nSPS) is 19.0. The van der Waals surface area contributed by atoms with E-state index in [0.717, 1.165) is 19.3 Å². The van der Waals surface area contributed by atoms with Crippen molar-refractivity contribution < 1.29 is 13.2 Å². The van der Waals surface area contributed by atoms with E-state index in [1.54, 1.807) is 4.90 Å². The van der Waals surface area contributed by atoms with Crippen LogP contribution in [0.15, 0.2) is 23.1 Å². The molecule has 118 valence electrons. The molecular weight excluding hydrogens is 335 g/mol. The van der Waals surface area contributed by atoms with Crippen molar-refractivity contribution >= 4 is 39.8 Å². The molecule has 1 atom stereocenters. The van der Waals surface area contributed by atoms with E-state index in [9.17, 15) is 13.2 Å². The van der Waals surface area contributed by atoms with E-state index in [1.807, 2.05) is 6.92 Å². The molecule has 0 spiro atoms. The number of carbonyl (C=O) groups is 1. The molecule has 0 bridgehead atoms. The lowest BCUT2D eigenvalue weighted by molar-refractivity contribution is 0.0655. The number of nitrogens with zero attached hydrogens (tertiary/aromatic N) is 1. The van der Waals surface area contributed by atoms with Gasteiger partial charge in [-0.3, -0.25) is 4.79 Å². The molecule has 1 aliphatic heterocycles. The van der Waals surface area contributed by atoms with Crippen LogP contribution in [0.25, 0.3) is 0 Å². The van der Waals surface area contributed by atoms with Crippen molar-refractivity contribution in [3.8, 4) is 0 Å². The van der Waals surface area contributed by atoms with E-state index in [2.05, 4.69) is 5.32 Å². The standard InChI is InChI=1S/C13H17ClN2O3S.ClH/c1-9-8-15-5-6-16(9)13(17)11-7-10(20(2,18)19)3-4-12(11)14;/h3-4,7,9,15H,5-6,8H2,1-2H3;1H. The number of sulfone groups is 1. The Bertz CT molecular complexity index is 634. The lowest BCUT2D eigenvalue weighted by Gasteiger charge is -2.34. The molecular formula is C13H18Cl2N2O3S. The number of benzene rings is 1. The Morgan fingerprint density at radius 2 is 2.10 bits per heavy atom. The predicted molar refractivity (Wildman–Crippen MR) is 85.2 cm³/mol. The quantitative estimate of drug-likeness (QED) is 0.877. The van der Waals surface area contributed by atoms with Crippen molar-refractivity contribution in [2.45, 2.75) is 17.9 Å². The predicted octanol–water partition coefficient (Wildman–Crippen LogP) is 1.60. The van der Waals surface area contributed by atoms with Crippen LogP contribution in [0.1, 0.15) is 17.3 Å². The number of hydrogen-bond acceptors (Lipinski definition) is 4. The zero-order valence-corrected chi connectivity index (χ0v) is 14.2. The van der Waals surface area contributed by atoms with Crippen LogP contribution in [0.4, 0.5) is 0 Å².